The third-order valence-electron chi connectivity index (χ3n) is 2.39. The molecule has 0 aliphatic carbocycles. The maximum Gasteiger partial charge on any atom is 0.305 e. The Bertz CT molecular complexity index is 474. The molecule has 0 saturated carbocycles. The lowest BCUT2D eigenvalue weighted by atomic mass is 10.2. The van der Waals surface area contributed by atoms with E-state index in [2.05, 4.69) is 5.92 Å². The smallest absolute Gasteiger partial charge is 0.305 e. The van der Waals surface area contributed by atoms with Crippen molar-refractivity contribution in [1.29, 1.82) is 0 Å². The zero-order valence-electron chi connectivity index (χ0n) is 9.80. The third-order valence-corrected chi connectivity index (χ3v) is 2.39. The van der Waals surface area contributed by atoms with Crippen LogP contribution >= 0.6 is 0 Å². The van der Waals surface area contributed by atoms with Crippen molar-refractivity contribution < 1.29 is 14.7 Å². The quantitative estimate of drug-likeness (QED) is 0.724. The number of hydrogen-bond acceptors (Lipinski definition) is 3. The number of primary amides is 1. The second-order valence-corrected chi connectivity index (χ2v) is 3.68. The Labute approximate surface area is 105 Å². The van der Waals surface area contributed by atoms with Crippen LogP contribution in [0.2, 0.25) is 0 Å². The van der Waals surface area contributed by atoms with Gasteiger partial charge in [0.2, 0.25) is 5.91 Å². The molecule has 0 fully saturated rings. The lowest BCUT2D eigenvalue weighted by Crippen LogP contribution is -2.26. The summed E-state index contributed by atoms with van der Waals surface area (Å²) in [6.45, 7) is 0.624. The van der Waals surface area contributed by atoms with Crippen LogP contribution in [0.3, 0.4) is 0 Å². The maximum atomic E-state index is 10.9. The number of hydrogen-bond donors (Lipinski definition) is 2. The number of terminal acetylenes is 1. The minimum Gasteiger partial charge on any atom is -0.481 e. The molecule has 0 aliphatic heterocycles. The van der Waals surface area contributed by atoms with Crippen LogP contribution < -0.4 is 10.6 Å². The summed E-state index contributed by atoms with van der Waals surface area (Å²) in [5.74, 6) is 1.08. The average Bonchev–Trinajstić information content (AvgIpc) is 2.34. The van der Waals surface area contributed by atoms with Crippen LogP contribution in [0.5, 0.6) is 0 Å². The Morgan fingerprint density at radius 2 is 1.94 bits per heavy atom. The molecular weight excluding hydrogens is 232 g/mol. The van der Waals surface area contributed by atoms with Gasteiger partial charge in [0.25, 0.3) is 0 Å². The number of amides is 1. The Balaban J connectivity index is 2.82. The highest BCUT2D eigenvalue weighted by Gasteiger charge is 2.08. The van der Waals surface area contributed by atoms with Gasteiger partial charge in [-0.25, -0.2) is 0 Å². The molecule has 5 heteroatoms. The summed E-state index contributed by atoms with van der Waals surface area (Å²) in [7, 11) is 0. The van der Waals surface area contributed by atoms with Crippen LogP contribution in [0.15, 0.2) is 24.3 Å². The largest absolute Gasteiger partial charge is 0.481 e. The summed E-state index contributed by atoms with van der Waals surface area (Å²) in [6.07, 6.45) is 5.24. The first-order valence-electron chi connectivity index (χ1n) is 5.34. The van der Waals surface area contributed by atoms with Gasteiger partial charge in [0, 0.05) is 17.8 Å². The molecule has 0 atom stereocenters. The van der Waals surface area contributed by atoms with Gasteiger partial charge < -0.3 is 15.7 Å². The zero-order valence-corrected chi connectivity index (χ0v) is 9.80. The molecule has 0 saturated heterocycles. The van der Waals surface area contributed by atoms with Crippen LogP contribution in [0, 0.1) is 12.3 Å². The molecule has 1 aromatic carbocycles. The van der Waals surface area contributed by atoms with E-state index < -0.39 is 11.9 Å². The van der Waals surface area contributed by atoms with Crippen molar-refractivity contribution >= 4 is 17.6 Å². The minimum atomic E-state index is -0.884. The van der Waals surface area contributed by atoms with Gasteiger partial charge in [-0.05, 0) is 24.3 Å². The van der Waals surface area contributed by atoms with Crippen molar-refractivity contribution in [3.8, 4) is 12.3 Å². The van der Waals surface area contributed by atoms with Crippen LogP contribution in [0.4, 0.5) is 5.69 Å². The van der Waals surface area contributed by atoms with Gasteiger partial charge in [-0.2, -0.15) is 0 Å². The standard InChI is InChI=1S/C13H14N2O3/c1-2-8-15(9-7-12(16)17)11-5-3-10(4-6-11)13(14)18/h1,3-6H,7-9H2,(H2,14,18)(H,16,17). The van der Waals surface area contributed by atoms with Gasteiger partial charge in [-0.15, -0.1) is 6.42 Å². The highest BCUT2D eigenvalue weighted by atomic mass is 16.4. The van der Waals surface area contributed by atoms with Gasteiger partial charge in [0.15, 0.2) is 0 Å². The number of nitrogens with two attached hydrogens (primary N) is 1. The van der Waals surface area contributed by atoms with Gasteiger partial charge in [-0.1, -0.05) is 5.92 Å². The number of nitrogens with zero attached hydrogens (tertiary/aromatic N) is 1. The first-order valence-corrected chi connectivity index (χ1v) is 5.34. The summed E-state index contributed by atoms with van der Waals surface area (Å²) < 4.78 is 0. The first-order chi connectivity index (χ1) is 8.54. The number of carboxylic acid groups (broad SMARTS) is 1. The van der Waals surface area contributed by atoms with Crippen LogP contribution in [-0.2, 0) is 4.79 Å². The monoisotopic (exact) mass is 246 g/mol. The molecule has 18 heavy (non-hydrogen) atoms. The van der Waals surface area contributed by atoms with E-state index in [1.807, 2.05) is 0 Å². The molecule has 0 aliphatic rings. The Morgan fingerprint density at radius 3 is 2.39 bits per heavy atom. The van der Waals surface area contributed by atoms with Crippen molar-refractivity contribution in [2.45, 2.75) is 6.42 Å². The summed E-state index contributed by atoms with van der Waals surface area (Å²) >= 11 is 0. The summed E-state index contributed by atoms with van der Waals surface area (Å²) in [6, 6.07) is 6.56. The maximum absolute atomic E-state index is 10.9. The van der Waals surface area contributed by atoms with Gasteiger partial charge in [-0.3, -0.25) is 9.59 Å². The van der Waals surface area contributed by atoms with Crippen LogP contribution in [-0.4, -0.2) is 30.1 Å². The molecule has 0 bridgehead atoms. The molecule has 1 aromatic rings. The normalized spacial score (nSPS) is 9.50. The van der Waals surface area contributed by atoms with Crippen LogP contribution in [0.1, 0.15) is 16.8 Å². The van der Waals surface area contributed by atoms with Crippen molar-refractivity contribution in [3.05, 3.63) is 29.8 Å². The molecule has 0 spiro atoms. The van der Waals surface area contributed by atoms with Crippen molar-refractivity contribution in [1.82, 2.24) is 0 Å². The van der Waals surface area contributed by atoms with E-state index >= 15 is 0 Å². The molecule has 1 rings (SSSR count). The van der Waals surface area contributed by atoms with Gasteiger partial charge in [0.1, 0.15) is 0 Å². The third kappa shape index (κ3) is 3.83. The number of anilines is 1. The average molecular weight is 246 g/mol. The second kappa shape index (κ2) is 6.30. The van der Waals surface area contributed by atoms with E-state index in [9.17, 15) is 9.59 Å². The number of aliphatic carboxylic acids is 1. The zero-order chi connectivity index (χ0) is 13.5. The summed E-state index contributed by atoms with van der Waals surface area (Å²) in [5.41, 5.74) is 6.30. The van der Waals surface area contributed by atoms with Gasteiger partial charge in [0.05, 0.1) is 13.0 Å². The fourth-order valence-electron chi connectivity index (χ4n) is 1.48. The predicted molar refractivity (Wildman–Crippen MR) is 68.3 cm³/mol. The Morgan fingerprint density at radius 1 is 1.33 bits per heavy atom. The molecule has 94 valence electrons. The molecule has 0 radical (unpaired) electrons. The number of rotatable bonds is 6. The highest BCUT2D eigenvalue weighted by molar-refractivity contribution is 5.93. The van der Waals surface area contributed by atoms with E-state index in [0.29, 0.717) is 18.7 Å². The predicted octanol–water partition coefficient (Wildman–Crippen LogP) is 0.700. The van der Waals surface area contributed by atoms with Crippen molar-refractivity contribution in [2.24, 2.45) is 5.73 Å². The number of carbonyl (C=O) groups is 2. The first kappa shape index (κ1) is 13.6. The van der Waals surface area contributed by atoms with E-state index in [-0.39, 0.29) is 6.42 Å². The SMILES string of the molecule is C#CCN(CCC(=O)O)c1ccc(C(N)=O)cc1. The van der Waals surface area contributed by atoms with Crippen LogP contribution in [0.25, 0.3) is 0 Å². The van der Waals surface area contributed by atoms with E-state index in [4.69, 9.17) is 17.3 Å². The number of benzene rings is 1. The molecule has 1 amide bonds. The Kier molecular flexibility index (Phi) is 4.76. The molecule has 0 heterocycles. The molecule has 0 unspecified atom stereocenters. The molecule has 3 N–H and O–H groups in total. The van der Waals surface area contributed by atoms with E-state index in [0.717, 1.165) is 5.69 Å². The fraction of sp³-hybridized carbons (Fsp3) is 0.231. The lowest BCUT2D eigenvalue weighted by Gasteiger charge is -2.21. The number of carboxylic acids is 1. The summed E-state index contributed by atoms with van der Waals surface area (Å²) in [4.78, 5) is 23.2. The lowest BCUT2D eigenvalue weighted by molar-refractivity contribution is -0.136. The fourth-order valence-corrected chi connectivity index (χ4v) is 1.48. The Hall–Kier alpha value is -2.48. The summed E-state index contributed by atoms with van der Waals surface area (Å²) in [5, 5.41) is 8.65. The molecule has 5 nitrogen and oxygen atoms in total. The van der Waals surface area contributed by atoms with Gasteiger partial charge >= 0.3 is 5.97 Å². The van der Waals surface area contributed by atoms with E-state index in [1.54, 1.807) is 29.2 Å². The number of carbonyl (C=O) groups excluding carboxylic acids is 1. The van der Waals surface area contributed by atoms with Crippen molar-refractivity contribution in [2.75, 3.05) is 18.0 Å². The van der Waals surface area contributed by atoms with Crippen molar-refractivity contribution in [3.63, 3.8) is 0 Å². The van der Waals surface area contributed by atoms with E-state index in [1.165, 1.54) is 0 Å². The molecular formula is C13H14N2O3. The topological polar surface area (TPSA) is 83.6 Å². The minimum absolute atomic E-state index is 0.000743. The molecule has 0 aromatic heterocycles. The highest BCUT2D eigenvalue weighted by Crippen LogP contribution is 2.15. The second-order valence-electron chi connectivity index (χ2n) is 3.68.